The standard InChI is InChI=1S/C23H34FNO2.C6H14.C3H8/c1-8-10-19(11-9-2)27-20-12-13-21(22(24)14-20)16(5)17(6)25-23(15(3)4)18(7)26;1-3-5-6-4-2;1-3-2/h12-15,19H,8-11H2,1-7H3;3-6H2,1-2H3;3H2,1-2H3/b17-16+,25-23?;;. The number of benzene rings is 1. The van der Waals surface area contributed by atoms with Gasteiger partial charge >= 0.3 is 0 Å². The lowest BCUT2D eigenvalue weighted by Gasteiger charge is -2.18. The lowest BCUT2D eigenvalue weighted by Crippen LogP contribution is -2.17. The minimum absolute atomic E-state index is 0.0277. The summed E-state index contributed by atoms with van der Waals surface area (Å²) in [7, 11) is 0. The molecule has 0 N–H and O–H groups in total. The molecule has 3 nitrogen and oxygen atoms in total. The number of hydrogen-bond acceptors (Lipinski definition) is 3. The second kappa shape index (κ2) is 22.2. The Morgan fingerprint density at radius 2 is 1.39 bits per heavy atom. The summed E-state index contributed by atoms with van der Waals surface area (Å²) in [5, 5.41) is 0. The predicted molar refractivity (Wildman–Crippen MR) is 158 cm³/mol. The third kappa shape index (κ3) is 15.9. The zero-order valence-electron chi connectivity index (χ0n) is 25.4. The molecule has 0 bridgehead atoms. The first kappa shape index (κ1) is 36.2. The number of unbranched alkanes of at least 4 members (excludes halogenated alkanes) is 3. The highest BCUT2D eigenvalue weighted by atomic mass is 19.1. The van der Waals surface area contributed by atoms with Crippen molar-refractivity contribution in [3.8, 4) is 5.75 Å². The summed E-state index contributed by atoms with van der Waals surface area (Å²) in [6.45, 7) is 22.0. The topological polar surface area (TPSA) is 38.7 Å². The highest BCUT2D eigenvalue weighted by Gasteiger charge is 2.14. The van der Waals surface area contributed by atoms with Gasteiger partial charge in [0.1, 0.15) is 11.6 Å². The maximum absolute atomic E-state index is 14.7. The number of rotatable bonds is 13. The van der Waals surface area contributed by atoms with E-state index in [-0.39, 0.29) is 23.6 Å². The van der Waals surface area contributed by atoms with Crippen LogP contribution in [0.5, 0.6) is 5.75 Å². The molecule has 0 fully saturated rings. The van der Waals surface area contributed by atoms with E-state index in [1.54, 1.807) is 6.07 Å². The Balaban J connectivity index is 0. The summed E-state index contributed by atoms with van der Waals surface area (Å²) < 4.78 is 20.7. The van der Waals surface area contributed by atoms with E-state index in [0.717, 1.165) is 31.3 Å². The Bertz CT molecular complexity index is 770. The zero-order valence-corrected chi connectivity index (χ0v) is 25.4. The number of halogens is 1. The fourth-order valence-electron chi connectivity index (χ4n) is 3.55. The average Bonchev–Trinajstić information content (AvgIpc) is 2.81. The first-order chi connectivity index (χ1) is 17.0. The number of ether oxygens (including phenoxy) is 1. The molecule has 0 amide bonds. The number of hydrogen-bond donors (Lipinski definition) is 0. The molecule has 4 heteroatoms. The van der Waals surface area contributed by atoms with Gasteiger partial charge in [-0.05, 0) is 50.3 Å². The molecule has 0 aromatic heterocycles. The molecule has 0 atom stereocenters. The highest BCUT2D eigenvalue weighted by molar-refractivity contribution is 6.39. The van der Waals surface area contributed by atoms with E-state index in [1.807, 2.05) is 33.8 Å². The maximum Gasteiger partial charge on any atom is 0.174 e. The number of allylic oxidation sites excluding steroid dienone is 2. The lowest BCUT2D eigenvalue weighted by molar-refractivity contribution is -0.111. The van der Waals surface area contributed by atoms with E-state index < -0.39 is 0 Å². The molecular formula is C32H56FNO2. The minimum atomic E-state index is -0.333. The van der Waals surface area contributed by atoms with Crippen LogP contribution in [0.3, 0.4) is 0 Å². The van der Waals surface area contributed by atoms with Gasteiger partial charge in [0.05, 0.1) is 11.8 Å². The van der Waals surface area contributed by atoms with Crippen molar-refractivity contribution >= 4 is 17.1 Å². The second-order valence-corrected chi connectivity index (χ2v) is 9.79. The number of nitrogens with zero attached hydrogens (tertiary/aromatic N) is 1. The summed E-state index contributed by atoms with van der Waals surface area (Å²) in [6.07, 6.45) is 10.9. The summed E-state index contributed by atoms with van der Waals surface area (Å²) in [5.41, 5.74) is 2.36. The highest BCUT2D eigenvalue weighted by Crippen LogP contribution is 2.27. The van der Waals surface area contributed by atoms with Gasteiger partial charge in [0.25, 0.3) is 0 Å². The molecule has 208 valence electrons. The molecule has 1 aromatic carbocycles. The van der Waals surface area contributed by atoms with Crippen LogP contribution in [0.4, 0.5) is 4.39 Å². The van der Waals surface area contributed by atoms with Gasteiger partial charge < -0.3 is 4.74 Å². The van der Waals surface area contributed by atoms with Crippen LogP contribution >= 0.6 is 0 Å². The fraction of sp³-hybridized carbons (Fsp3) is 0.688. The van der Waals surface area contributed by atoms with Gasteiger partial charge in [-0.15, -0.1) is 0 Å². The van der Waals surface area contributed by atoms with Crippen LogP contribution in [0.1, 0.15) is 140 Å². The Kier molecular flexibility index (Phi) is 22.4. The molecule has 0 unspecified atom stereocenters. The van der Waals surface area contributed by atoms with E-state index in [0.29, 0.717) is 22.7 Å². The number of Topliss-reactive ketones (excluding diaryl/α,β-unsaturated/α-hetero) is 1. The van der Waals surface area contributed by atoms with Gasteiger partial charge in [-0.25, -0.2) is 4.39 Å². The van der Waals surface area contributed by atoms with E-state index in [1.165, 1.54) is 45.1 Å². The van der Waals surface area contributed by atoms with Crippen LogP contribution in [0.2, 0.25) is 0 Å². The van der Waals surface area contributed by atoms with Crippen LogP contribution in [0.15, 0.2) is 28.9 Å². The molecule has 1 aromatic rings. The molecule has 0 aliphatic rings. The molecular weight excluding hydrogens is 449 g/mol. The molecule has 1 rings (SSSR count). The van der Waals surface area contributed by atoms with Crippen molar-refractivity contribution in [3.05, 3.63) is 35.3 Å². The van der Waals surface area contributed by atoms with E-state index in [4.69, 9.17) is 4.74 Å². The van der Waals surface area contributed by atoms with E-state index in [2.05, 4.69) is 46.5 Å². The van der Waals surface area contributed by atoms with Crippen LogP contribution in [-0.4, -0.2) is 17.6 Å². The van der Waals surface area contributed by atoms with Gasteiger partial charge in [-0.3, -0.25) is 9.79 Å². The quantitative estimate of drug-likeness (QED) is 0.197. The summed E-state index contributed by atoms with van der Waals surface area (Å²) in [4.78, 5) is 16.2. The van der Waals surface area contributed by atoms with Crippen molar-refractivity contribution in [1.82, 2.24) is 0 Å². The Morgan fingerprint density at radius 3 is 1.75 bits per heavy atom. The first-order valence-electron chi connectivity index (χ1n) is 14.3. The van der Waals surface area contributed by atoms with Crippen molar-refractivity contribution in [3.63, 3.8) is 0 Å². The normalized spacial score (nSPS) is 11.9. The van der Waals surface area contributed by atoms with Gasteiger partial charge in [-0.1, -0.05) is 100 Å². The van der Waals surface area contributed by atoms with Crippen molar-refractivity contribution in [1.29, 1.82) is 0 Å². The Hall–Kier alpha value is -1.97. The number of ketones is 1. The van der Waals surface area contributed by atoms with Crippen molar-refractivity contribution in [2.75, 3.05) is 0 Å². The van der Waals surface area contributed by atoms with Crippen molar-refractivity contribution in [2.24, 2.45) is 10.9 Å². The maximum atomic E-state index is 14.7. The number of carbonyl (C=O) groups is 1. The summed E-state index contributed by atoms with van der Waals surface area (Å²) >= 11 is 0. The smallest absolute Gasteiger partial charge is 0.174 e. The molecule has 36 heavy (non-hydrogen) atoms. The molecule has 0 radical (unpaired) electrons. The second-order valence-electron chi connectivity index (χ2n) is 9.79. The van der Waals surface area contributed by atoms with Crippen molar-refractivity contribution < 1.29 is 13.9 Å². The van der Waals surface area contributed by atoms with Gasteiger partial charge in [-0.2, -0.15) is 0 Å². The lowest BCUT2D eigenvalue weighted by atomic mass is 10.0. The van der Waals surface area contributed by atoms with Crippen LogP contribution in [0, 0.1) is 11.7 Å². The Labute approximate surface area is 223 Å². The fourth-order valence-corrected chi connectivity index (χ4v) is 3.55. The summed E-state index contributed by atoms with van der Waals surface area (Å²) in [6, 6.07) is 4.99. The molecule has 0 aliphatic carbocycles. The predicted octanol–water partition coefficient (Wildman–Crippen LogP) is 10.6. The number of aliphatic imine (C=N–C) groups is 1. The first-order valence-corrected chi connectivity index (χ1v) is 14.3. The zero-order chi connectivity index (χ0) is 28.1. The van der Waals surface area contributed by atoms with Gasteiger partial charge in [0, 0.05) is 24.3 Å². The van der Waals surface area contributed by atoms with E-state index in [9.17, 15) is 9.18 Å². The van der Waals surface area contributed by atoms with E-state index >= 15 is 0 Å². The molecule has 0 saturated heterocycles. The number of carbonyl (C=O) groups excluding carboxylic acids is 1. The Morgan fingerprint density at radius 1 is 0.889 bits per heavy atom. The molecule has 0 heterocycles. The average molecular weight is 506 g/mol. The van der Waals surface area contributed by atoms with Crippen LogP contribution < -0.4 is 4.74 Å². The van der Waals surface area contributed by atoms with Crippen molar-refractivity contribution in [2.45, 2.75) is 140 Å². The third-order valence-corrected chi connectivity index (χ3v) is 5.56. The molecule has 0 aliphatic heterocycles. The monoisotopic (exact) mass is 505 g/mol. The summed E-state index contributed by atoms with van der Waals surface area (Å²) in [5.74, 6) is 0.197. The molecule has 0 spiro atoms. The van der Waals surface area contributed by atoms with Crippen LogP contribution in [0.25, 0.3) is 5.57 Å². The minimum Gasteiger partial charge on any atom is -0.490 e. The van der Waals surface area contributed by atoms with Crippen LogP contribution in [-0.2, 0) is 4.79 Å². The van der Waals surface area contributed by atoms with Gasteiger partial charge in [0.15, 0.2) is 5.78 Å². The van der Waals surface area contributed by atoms with Gasteiger partial charge in [0.2, 0.25) is 0 Å². The largest absolute Gasteiger partial charge is 0.490 e. The third-order valence-electron chi connectivity index (χ3n) is 5.56. The molecule has 0 saturated carbocycles. The SMILES string of the molecule is CCC.CCCC(CCC)Oc1ccc(/C(C)=C(\C)N=C(C(C)=O)C(C)C)c(F)c1.CCCCCC.